The van der Waals surface area contributed by atoms with Gasteiger partial charge in [-0.1, -0.05) is 57.2 Å². The highest BCUT2D eigenvalue weighted by Crippen LogP contribution is 2.47. The van der Waals surface area contributed by atoms with E-state index in [9.17, 15) is 26.7 Å². The molecule has 0 aromatic heterocycles. The third-order valence-corrected chi connectivity index (χ3v) is 9.69. The minimum Gasteiger partial charge on any atom is -0.492 e. The molecule has 1 heterocycles. The molecule has 9 heteroatoms. The summed E-state index contributed by atoms with van der Waals surface area (Å²) < 4.78 is 58.0. The lowest BCUT2D eigenvalue weighted by molar-refractivity contribution is 0.0691. The first kappa shape index (κ1) is 24.3. The van der Waals surface area contributed by atoms with Gasteiger partial charge in [-0.15, -0.1) is 0 Å². The van der Waals surface area contributed by atoms with Crippen LogP contribution in [-0.2, 0) is 19.7 Å². The maximum Gasteiger partial charge on any atom is 0.339 e. The fraction of sp³-hybridized carbons (Fsp3) is 0.435. The van der Waals surface area contributed by atoms with Crippen molar-refractivity contribution < 1.29 is 31.5 Å². The predicted molar refractivity (Wildman–Crippen MR) is 121 cm³/mol. The smallest absolute Gasteiger partial charge is 0.339 e. The van der Waals surface area contributed by atoms with Crippen LogP contribution in [0.3, 0.4) is 0 Å². The van der Waals surface area contributed by atoms with Gasteiger partial charge in [0.15, 0.2) is 19.7 Å². The zero-order valence-corrected chi connectivity index (χ0v) is 19.6. The van der Waals surface area contributed by atoms with Crippen molar-refractivity contribution in [3.05, 3.63) is 53.6 Å². The molecular formula is C23H28O7S2. The second-order valence-corrected chi connectivity index (χ2v) is 12.0. The molecule has 0 saturated heterocycles. The van der Waals surface area contributed by atoms with Crippen molar-refractivity contribution in [1.82, 2.24) is 0 Å². The number of hydrogen-bond acceptors (Lipinski definition) is 6. The van der Waals surface area contributed by atoms with Crippen LogP contribution in [0.4, 0.5) is 0 Å². The van der Waals surface area contributed by atoms with Gasteiger partial charge in [0, 0.05) is 5.56 Å². The van der Waals surface area contributed by atoms with Crippen molar-refractivity contribution >= 4 is 25.6 Å². The van der Waals surface area contributed by atoms with Gasteiger partial charge in [-0.2, -0.15) is 0 Å². The first-order chi connectivity index (χ1) is 15.2. The van der Waals surface area contributed by atoms with Crippen molar-refractivity contribution in [3.8, 4) is 5.75 Å². The molecule has 1 N–H and O–H groups in total. The Bertz CT molecular complexity index is 1170. The van der Waals surface area contributed by atoms with E-state index in [1.54, 1.807) is 18.2 Å². The van der Waals surface area contributed by atoms with Crippen LogP contribution in [0, 0.1) is 0 Å². The van der Waals surface area contributed by atoms with Gasteiger partial charge < -0.3 is 9.84 Å². The molecule has 1 atom stereocenters. The molecule has 32 heavy (non-hydrogen) atoms. The maximum absolute atomic E-state index is 13.3. The van der Waals surface area contributed by atoms with Gasteiger partial charge in [-0.05, 0) is 30.7 Å². The molecule has 174 valence electrons. The molecule has 0 aliphatic carbocycles. The summed E-state index contributed by atoms with van der Waals surface area (Å²) in [5.41, 5.74) is -0.306. The summed E-state index contributed by atoms with van der Waals surface area (Å²) in [6.07, 6.45) is 5.95. The number of ether oxygens (including phenoxy) is 1. The number of sulfone groups is 2. The van der Waals surface area contributed by atoms with Crippen molar-refractivity contribution in [1.29, 1.82) is 0 Å². The van der Waals surface area contributed by atoms with E-state index in [-0.39, 0.29) is 33.3 Å². The largest absolute Gasteiger partial charge is 0.492 e. The second kappa shape index (κ2) is 10.0. The van der Waals surface area contributed by atoms with Gasteiger partial charge >= 0.3 is 5.97 Å². The molecule has 1 aliphatic rings. The Hall–Kier alpha value is -2.39. The average molecular weight is 481 g/mol. The van der Waals surface area contributed by atoms with E-state index in [2.05, 4.69) is 6.92 Å². The molecule has 2 aromatic carbocycles. The van der Waals surface area contributed by atoms with Crippen LogP contribution < -0.4 is 4.74 Å². The number of rotatable bonds is 11. The Balaban J connectivity index is 1.99. The normalized spacial score (nSPS) is 17.1. The summed E-state index contributed by atoms with van der Waals surface area (Å²) in [5, 5.41) is 8.23. The second-order valence-electron chi connectivity index (χ2n) is 7.90. The lowest BCUT2D eigenvalue weighted by Gasteiger charge is -2.18. The van der Waals surface area contributed by atoms with Crippen molar-refractivity contribution in [2.45, 2.75) is 60.5 Å². The monoisotopic (exact) mass is 480 g/mol. The molecular weight excluding hydrogens is 452 g/mol. The van der Waals surface area contributed by atoms with Gasteiger partial charge in [-0.25, -0.2) is 21.6 Å². The third kappa shape index (κ3) is 4.99. The Morgan fingerprint density at radius 1 is 1.03 bits per heavy atom. The quantitative estimate of drug-likeness (QED) is 0.473. The lowest BCUT2D eigenvalue weighted by atomic mass is 10.1. The average Bonchev–Trinajstić information content (AvgIpc) is 3.05. The zero-order valence-electron chi connectivity index (χ0n) is 18.0. The van der Waals surface area contributed by atoms with Crippen LogP contribution in [0.5, 0.6) is 5.75 Å². The molecule has 0 bridgehead atoms. The molecule has 1 unspecified atom stereocenters. The summed E-state index contributed by atoms with van der Waals surface area (Å²) >= 11 is 0. The van der Waals surface area contributed by atoms with Crippen LogP contribution in [0.2, 0.25) is 0 Å². The predicted octanol–water partition coefficient (Wildman–Crippen LogP) is 4.43. The zero-order chi connectivity index (χ0) is 23.4. The fourth-order valence-corrected chi connectivity index (χ4v) is 8.26. The lowest BCUT2D eigenvalue weighted by Crippen LogP contribution is -2.17. The number of aromatic carboxylic acids is 1. The summed E-state index contributed by atoms with van der Waals surface area (Å²) in [6.45, 7) is 2.31. The highest BCUT2D eigenvalue weighted by molar-refractivity contribution is 7.96. The Morgan fingerprint density at radius 3 is 2.34 bits per heavy atom. The fourth-order valence-electron chi connectivity index (χ4n) is 3.93. The number of hydrogen-bond donors (Lipinski definition) is 1. The van der Waals surface area contributed by atoms with Gasteiger partial charge in [-0.3, -0.25) is 0 Å². The standard InChI is InChI=1S/C23H28O7S2/c1-2-3-4-5-6-10-15-30-22-18(23(24)25)13-14-19-21(22)20(16-31(19,26)27)32(28,29)17-11-8-7-9-12-17/h7-9,11-14,20H,2-6,10,15-16H2,1H3,(H,24,25). The molecule has 3 rings (SSSR count). The van der Waals surface area contributed by atoms with Gasteiger partial charge in [0.2, 0.25) is 0 Å². The minimum atomic E-state index is -4.09. The van der Waals surface area contributed by atoms with E-state index in [1.165, 1.54) is 24.3 Å². The summed E-state index contributed by atoms with van der Waals surface area (Å²) in [6, 6.07) is 9.92. The highest BCUT2D eigenvalue weighted by Gasteiger charge is 2.46. The maximum atomic E-state index is 13.3. The van der Waals surface area contributed by atoms with E-state index >= 15 is 0 Å². The highest BCUT2D eigenvalue weighted by atomic mass is 32.2. The van der Waals surface area contributed by atoms with E-state index < -0.39 is 36.6 Å². The molecule has 1 aliphatic heterocycles. The van der Waals surface area contributed by atoms with E-state index in [0.29, 0.717) is 6.42 Å². The summed E-state index contributed by atoms with van der Waals surface area (Å²) in [7, 11) is -7.99. The first-order valence-corrected chi connectivity index (χ1v) is 13.9. The van der Waals surface area contributed by atoms with Crippen molar-refractivity contribution in [3.63, 3.8) is 0 Å². The third-order valence-electron chi connectivity index (χ3n) is 5.60. The van der Waals surface area contributed by atoms with E-state index in [0.717, 1.165) is 32.1 Å². The number of fused-ring (bicyclic) bond motifs is 1. The van der Waals surface area contributed by atoms with Crippen molar-refractivity contribution in [2.75, 3.05) is 12.4 Å². The summed E-state index contributed by atoms with van der Waals surface area (Å²) in [5.74, 6) is -2.10. The molecule has 0 fully saturated rings. The van der Waals surface area contributed by atoms with Crippen molar-refractivity contribution in [2.24, 2.45) is 0 Å². The molecule has 0 radical (unpaired) electrons. The van der Waals surface area contributed by atoms with Crippen LogP contribution >= 0.6 is 0 Å². The molecule has 2 aromatic rings. The van der Waals surface area contributed by atoms with E-state index in [1.807, 2.05) is 0 Å². The number of carboxylic acid groups (broad SMARTS) is 1. The number of carboxylic acids is 1. The molecule has 0 spiro atoms. The van der Waals surface area contributed by atoms with Crippen LogP contribution in [-0.4, -0.2) is 40.3 Å². The minimum absolute atomic E-state index is 0.0179. The molecule has 0 saturated carbocycles. The van der Waals surface area contributed by atoms with Crippen LogP contribution in [0.25, 0.3) is 0 Å². The SMILES string of the molecule is CCCCCCCCOc1c(C(=O)O)ccc2c1C(S(=O)(=O)c1ccccc1)CS2(=O)=O. The van der Waals surface area contributed by atoms with Crippen LogP contribution in [0.1, 0.15) is 66.6 Å². The van der Waals surface area contributed by atoms with Gasteiger partial charge in [0.1, 0.15) is 16.6 Å². The topological polar surface area (TPSA) is 115 Å². The molecule has 0 amide bonds. The summed E-state index contributed by atoms with van der Waals surface area (Å²) in [4.78, 5) is 11.6. The Kier molecular flexibility index (Phi) is 7.61. The molecule has 7 nitrogen and oxygen atoms in total. The number of benzene rings is 2. The number of carbonyl (C=O) groups is 1. The Morgan fingerprint density at radius 2 is 1.69 bits per heavy atom. The number of unbranched alkanes of at least 4 members (excludes halogenated alkanes) is 5. The van der Waals surface area contributed by atoms with Gasteiger partial charge in [0.05, 0.1) is 22.2 Å². The first-order valence-electron chi connectivity index (χ1n) is 10.7. The Labute approximate surface area is 189 Å². The van der Waals surface area contributed by atoms with E-state index in [4.69, 9.17) is 4.74 Å². The van der Waals surface area contributed by atoms with Gasteiger partial charge in [0.25, 0.3) is 0 Å². The van der Waals surface area contributed by atoms with Crippen LogP contribution in [0.15, 0.2) is 52.3 Å².